The fourth-order valence-electron chi connectivity index (χ4n) is 1.52. The Hall–Kier alpha value is -0.910. The van der Waals surface area contributed by atoms with Gasteiger partial charge in [0.2, 0.25) is 0 Å². The quantitative estimate of drug-likeness (QED) is 0.802. The van der Waals surface area contributed by atoms with E-state index in [9.17, 15) is 8.42 Å². The van der Waals surface area contributed by atoms with E-state index in [0.717, 1.165) is 17.4 Å². The monoisotopic (exact) mass is 243 g/mol. The summed E-state index contributed by atoms with van der Waals surface area (Å²) in [7, 11) is -3.35. The van der Waals surface area contributed by atoms with Gasteiger partial charge in [-0.15, -0.1) is 0 Å². The van der Waals surface area contributed by atoms with Crippen LogP contribution in [0.2, 0.25) is 0 Å². The number of benzene rings is 1. The van der Waals surface area contributed by atoms with Gasteiger partial charge in [0.25, 0.3) is 0 Å². The molecule has 0 radical (unpaired) electrons. The first kappa shape index (κ1) is 13.2. The van der Waals surface area contributed by atoms with Gasteiger partial charge in [0.15, 0.2) is 9.84 Å². The molecule has 0 fully saturated rings. The van der Waals surface area contributed by atoms with Crippen molar-refractivity contribution >= 4 is 9.84 Å². The molecule has 0 aliphatic heterocycles. The van der Waals surface area contributed by atoms with Crippen LogP contribution in [0, 0.1) is 6.92 Å². The third kappa shape index (κ3) is 3.04. The third-order valence-electron chi connectivity index (χ3n) is 2.59. The first-order chi connectivity index (χ1) is 7.36. The Labute approximate surface area is 96.0 Å². The van der Waals surface area contributed by atoms with E-state index in [-0.39, 0.29) is 0 Å². The zero-order chi connectivity index (χ0) is 12.3. The SMILES string of the molecule is Cc1ccc([C@@H](N)[C@@H](CO)S(C)(=O)=O)cc1. The highest BCUT2D eigenvalue weighted by Crippen LogP contribution is 2.19. The lowest BCUT2D eigenvalue weighted by Crippen LogP contribution is -2.36. The predicted molar refractivity (Wildman–Crippen MR) is 63.8 cm³/mol. The molecular formula is C11H17NO3S. The zero-order valence-electron chi connectivity index (χ0n) is 9.42. The maximum absolute atomic E-state index is 11.4. The molecule has 16 heavy (non-hydrogen) atoms. The molecule has 0 heterocycles. The number of hydrogen-bond acceptors (Lipinski definition) is 4. The van der Waals surface area contributed by atoms with Crippen LogP contribution < -0.4 is 5.73 Å². The molecule has 1 aromatic rings. The first-order valence-corrected chi connectivity index (χ1v) is 6.93. The van der Waals surface area contributed by atoms with E-state index in [0.29, 0.717) is 0 Å². The average molecular weight is 243 g/mol. The molecule has 0 aliphatic rings. The van der Waals surface area contributed by atoms with Crippen LogP contribution in [0.3, 0.4) is 0 Å². The van der Waals surface area contributed by atoms with E-state index in [2.05, 4.69) is 0 Å². The van der Waals surface area contributed by atoms with Crippen LogP contribution in [0.1, 0.15) is 17.2 Å². The smallest absolute Gasteiger partial charge is 0.154 e. The third-order valence-corrected chi connectivity index (χ3v) is 4.13. The molecule has 90 valence electrons. The summed E-state index contributed by atoms with van der Waals surface area (Å²) in [4.78, 5) is 0. The molecule has 0 spiro atoms. The molecular weight excluding hydrogens is 226 g/mol. The molecule has 2 atom stereocenters. The molecule has 4 nitrogen and oxygen atoms in total. The number of sulfone groups is 1. The minimum Gasteiger partial charge on any atom is -0.395 e. The zero-order valence-corrected chi connectivity index (χ0v) is 10.2. The Kier molecular flexibility index (Phi) is 4.07. The number of rotatable bonds is 4. The van der Waals surface area contributed by atoms with E-state index in [1.165, 1.54) is 0 Å². The highest BCUT2D eigenvalue weighted by Gasteiger charge is 2.27. The average Bonchev–Trinajstić information content (AvgIpc) is 2.17. The van der Waals surface area contributed by atoms with Crippen molar-refractivity contribution in [3.8, 4) is 0 Å². The van der Waals surface area contributed by atoms with Crippen molar-refractivity contribution in [2.24, 2.45) is 5.73 Å². The van der Waals surface area contributed by atoms with Gasteiger partial charge in [0.05, 0.1) is 6.61 Å². The Morgan fingerprint density at radius 1 is 1.31 bits per heavy atom. The Morgan fingerprint density at radius 2 is 1.81 bits per heavy atom. The van der Waals surface area contributed by atoms with Gasteiger partial charge in [-0.25, -0.2) is 8.42 Å². The number of nitrogens with two attached hydrogens (primary N) is 1. The lowest BCUT2D eigenvalue weighted by Gasteiger charge is -2.20. The number of aliphatic hydroxyl groups is 1. The van der Waals surface area contributed by atoms with Gasteiger partial charge in [0.1, 0.15) is 5.25 Å². The van der Waals surface area contributed by atoms with Crippen LogP contribution in [0.15, 0.2) is 24.3 Å². The number of hydrogen-bond donors (Lipinski definition) is 2. The minimum absolute atomic E-state index is 0.464. The molecule has 1 rings (SSSR count). The number of aliphatic hydroxyl groups excluding tert-OH is 1. The fraction of sp³-hybridized carbons (Fsp3) is 0.455. The summed E-state index contributed by atoms with van der Waals surface area (Å²) < 4.78 is 22.8. The maximum Gasteiger partial charge on any atom is 0.154 e. The van der Waals surface area contributed by atoms with Crippen LogP contribution in [0.4, 0.5) is 0 Å². The second-order valence-corrected chi connectivity index (χ2v) is 6.25. The topological polar surface area (TPSA) is 80.4 Å². The van der Waals surface area contributed by atoms with Crippen LogP contribution in [0.5, 0.6) is 0 Å². The fourth-order valence-corrected chi connectivity index (χ4v) is 2.48. The van der Waals surface area contributed by atoms with Gasteiger partial charge in [-0.05, 0) is 12.5 Å². The molecule has 0 unspecified atom stereocenters. The largest absolute Gasteiger partial charge is 0.395 e. The number of aryl methyl sites for hydroxylation is 1. The summed E-state index contributed by atoms with van der Waals surface area (Å²) in [6, 6.07) is 6.61. The first-order valence-electron chi connectivity index (χ1n) is 4.98. The molecule has 0 bridgehead atoms. The van der Waals surface area contributed by atoms with Crippen molar-refractivity contribution < 1.29 is 13.5 Å². The molecule has 0 saturated carbocycles. The summed E-state index contributed by atoms with van der Waals surface area (Å²) >= 11 is 0. The lowest BCUT2D eigenvalue weighted by atomic mass is 10.0. The van der Waals surface area contributed by atoms with Crippen LogP contribution in [-0.2, 0) is 9.84 Å². The minimum atomic E-state index is -3.35. The molecule has 3 N–H and O–H groups in total. The summed E-state index contributed by atoms with van der Waals surface area (Å²) in [6.07, 6.45) is 1.09. The van der Waals surface area contributed by atoms with Crippen molar-refractivity contribution in [3.05, 3.63) is 35.4 Å². The van der Waals surface area contributed by atoms with Crippen molar-refractivity contribution in [3.63, 3.8) is 0 Å². The normalized spacial score (nSPS) is 15.8. The van der Waals surface area contributed by atoms with Crippen molar-refractivity contribution in [2.75, 3.05) is 12.9 Å². The second kappa shape index (κ2) is 4.95. The summed E-state index contributed by atoms with van der Waals surface area (Å²) in [5.41, 5.74) is 7.64. The molecule has 0 aliphatic carbocycles. The van der Waals surface area contributed by atoms with E-state index in [4.69, 9.17) is 10.8 Å². The van der Waals surface area contributed by atoms with Gasteiger partial charge in [-0.1, -0.05) is 29.8 Å². The molecule has 0 aromatic heterocycles. The molecule has 0 saturated heterocycles. The second-order valence-electron chi connectivity index (χ2n) is 3.99. The molecule has 1 aromatic carbocycles. The van der Waals surface area contributed by atoms with Gasteiger partial charge in [-0.2, -0.15) is 0 Å². The van der Waals surface area contributed by atoms with Crippen molar-refractivity contribution in [1.82, 2.24) is 0 Å². The van der Waals surface area contributed by atoms with E-state index in [1.807, 2.05) is 19.1 Å². The van der Waals surface area contributed by atoms with Gasteiger partial charge >= 0.3 is 0 Å². The van der Waals surface area contributed by atoms with Crippen molar-refractivity contribution in [1.29, 1.82) is 0 Å². The highest BCUT2D eigenvalue weighted by molar-refractivity contribution is 7.91. The van der Waals surface area contributed by atoms with E-state index < -0.39 is 27.7 Å². The lowest BCUT2D eigenvalue weighted by molar-refractivity contribution is 0.278. The summed E-state index contributed by atoms with van der Waals surface area (Å²) in [6.45, 7) is 1.48. The van der Waals surface area contributed by atoms with Gasteiger partial charge < -0.3 is 10.8 Å². The Bertz CT molecular complexity index is 439. The Balaban J connectivity index is 3.00. The standard InChI is InChI=1S/C11H17NO3S/c1-8-3-5-9(6-4-8)11(12)10(7-13)16(2,14)15/h3-6,10-11,13H,7,12H2,1-2H3/t10-,11-/m1/s1. The van der Waals surface area contributed by atoms with Crippen LogP contribution in [-0.4, -0.2) is 31.6 Å². The van der Waals surface area contributed by atoms with E-state index >= 15 is 0 Å². The maximum atomic E-state index is 11.4. The molecule has 0 amide bonds. The van der Waals surface area contributed by atoms with Gasteiger partial charge in [-0.3, -0.25) is 0 Å². The van der Waals surface area contributed by atoms with Crippen LogP contribution >= 0.6 is 0 Å². The highest BCUT2D eigenvalue weighted by atomic mass is 32.2. The van der Waals surface area contributed by atoms with E-state index in [1.54, 1.807) is 12.1 Å². The predicted octanol–water partition coefficient (Wildman–Crippen LogP) is 0.400. The van der Waals surface area contributed by atoms with Crippen molar-refractivity contribution in [2.45, 2.75) is 18.2 Å². The summed E-state index contributed by atoms with van der Waals surface area (Å²) in [5, 5.41) is 8.14. The van der Waals surface area contributed by atoms with Crippen LogP contribution in [0.25, 0.3) is 0 Å². The van der Waals surface area contributed by atoms with Gasteiger partial charge in [0, 0.05) is 12.3 Å². The summed E-state index contributed by atoms with van der Waals surface area (Å²) in [5.74, 6) is 0. The Morgan fingerprint density at radius 3 is 2.19 bits per heavy atom. The molecule has 5 heteroatoms.